The predicted octanol–water partition coefficient (Wildman–Crippen LogP) is 8.88. The maximum Gasteiger partial charge on any atom is 0.0541 e. The van der Waals surface area contributed by atoms with E-state index >= 15 is 0 Å². The zero-order chi connectivity index (χ0) is 21.5. The van der Waals surface area contributed by atoms with Crippen LogP contribution in [0.25, 0.3) is 49.7 Å². The fourth-order valence-corrected chi connectivity index (χ4v) is 5.05. The van der Waals surface area contributed by atoms with Crippen LogP contribution in [0.1, 0.15) is 0 Å². The molecule has 0 spiro atoms. The van der Waals surface area contributed by atoms with Crippen LogP contribution in [-0.2, 0) is 0 Å². The Morgan fingerprint density at radius 3 is 1.84 bits per heavy atom. The lowest BCUT2D eigenvalue weighted by molar-refractivity contribution is 1.18. The van der Waals surface area contributed by atoms with Gasteiger partial charge >= 0.3 is 0 Å². The van der Waals surface area contributed by atoms with Gasteiger partial charge in [0.25, 0.3) is 0 Å². The summed E-state index contributed by atoms with van der Waals surface area (Å²) >= 11 is 3.73. The van der Waals surface area contributed by atoms with Crippen molar-refractivity contribution in [3.8, 4) is 27.9 Å². The third-order valence-electron chi connectivity index (χ3n) is 6.03. The summed E-state index contributed by atoms with van der Waals surface area (Å²) in [6.07, 6.45) is 0. The standard InChI is InChI=1S/C30H20BrN/c31-25-18-23(21-9-3-1-4-10-21)17-24(19-25)22-15-16-30-28(20-22)27-13-7-8-14-29(27)32(30)26-11-5-2-6-12-26/h1-20H. The number of hydrogen-bond acceptors (Lipinski definition) is 0. The zero-order valence-electron chi connectivity index (χ0n) is 17.4. The van der Waals surface area contributed by atoms with Gasteiger partial charge in [-0.25, -0.2) is 0 Å². The molecule has 152 valence electrons. The third kappa shape index (κ3) is 3.24. The van der Waals surface area contributed by atoms with Crippen molar-refractivity contribution in [3.05, 3.63) is 126 Å². The zero-order valence-corrected chi connectivity index (χ0v) is 19.0. The highest BCUT2D eigenvalue weighted by Gasteiger charge is 2.13. The summed E-state index contributed by atoms with van der Waals surface area (Å²) in [5, 5.41) is 2.54. The van der Waals surface area contributed by atoms with Crippen LogP contribution in [0.4, 0.5) is 0 Å². The second-order valence-electron chi connectivity index (χ2n) is 8.01. The van der Waals surface area contributed by atoms with Crippen LogP contribution in [0.3, 0.4) is 0 Å². The smallest absolute Gasteiger partial charge is 0.0541 e. The lowest BCUT2D eigenvalue weighted by Crippen LogP contribution is -1.92. The van der Waals surface area contributed by atoms with Gasteiger partial charge in [0.05, 0.1) is 11.0 Å². The van der Waals surface area contributed by atoms with E-state index < -0.39 is 0 Å². The van der Waals surface area contributed by atoms with Crippen LogP contribution in [0.15, 0.2) is 126 Å². The molecular formula is C30H20BrN. The normalized spacial score (nSPS) is 11.3. The topological polar surface area (TPSA) is 4.93 Å². The minimum Gasteiger partial charge on any atom is -0.309 e. The Morgan fingerprint density at radius 2 is 1.06 bits per heavy atom. The van der Waals surface area contributed by atoms with Crippen molar-refractivity contribution < 1.29 is 0 Å². The SMILES string of the molecule is Brc1cc(-c2ccccc2)cc(-c2ccc3c(c2)c2ccccc2n3-c2ccccc2)c1. The summed E-state index contributed by atoms with van der Waals surface area (Å²) in [7, 11) is 0. The van der Waals surface area contributed by atoms with Crippen LogP contribution in [0.5, 0.6) is 0 Å². The quantitative estimate of drug-likeness (QED) is 0.241. The number of benzene rings is 5. The maximum atomic E-state index is 3.73. The van der Waals surface area contributed by atoms with E-state index in [1.54, 1.807) is 0 Å². The van der Waals surface area contributed by atoms with Gasteiger partial charge in [-0.3, -0.25) is 0 Å². The molecule has 1 nitrogen and oxygen atoms in total. The minimum absolute atomic E-state index is 1.08. The first kappa shape index (κ1) is 19.1. The lowest BCUT2D eigenvalue weighted by Gasteiger charge is -2.10. The van der Waals surface area contributed by atoms with Gasteiger partial charge in [-0.2, -0.15) is 0 Å². The van der Waals surface area contributed by atoms with Gasteiger partial charge in [0, 0.05) is 20.9 Å². The van der Waals surface area contributed by atoms with Gasteiger partial charge in [0.15, 0.2) is 0 Å². The van der Waals surface area contributed by atoms with Crippen molar-refractivity contribution in [1.82, 2.24) is 4.57 Å². The van der Waals surface area contributed by atoms with Crippen molar-refractivity contribution in [3.63, 3.8) is 0 Å². The number of hydrogen-bond donors (Lipinski definition) is 0. The molecule has 2 heteroatoms. The molecule has 6 aromatic rings. The Balaban J connectivity index is 1.58. The average molecular weight is 474 g/mol. The molecule has 0 fully saturated rings. The largest absolute Gasteiger partial charge is 0.309 e. The number of aromatic nitrogens is 1. The molecule has 0 radical (unpaired) electrons. The number of para-hydroxylation sites is 2. The maximum absolute atomic E-state index is 3.73. The summed E-state index contributed by atoms with van der Waals surface area (Å²) in [6, 6.07) is 43.2. The van der Waals surface area contributed by atoms with Gasteiger partial charge in [-0.15, -0.1) is 0 Å². The molecule has 0 saturated heterocycles. The fourth-order valence-electron chi connectivity index (χ4n) is 4.56. The average Bonchev–Trinajstić information content (AvgIpc) is 3.18. The van der Waals surface area contributed by atoms with Crippen LogP contribution in [0.2, 0.25) is 0 Å². The minimum atomic E-state index is 1.08. The Labute approximate surface area is 195 Å². The van der Waals surface area contributed by atoms with Crippen LogP contribution < -0.4 is 0 Å². The van der Waals surface area contributed by atoms with Gasteiger partial charge in [-0.1, -0.05) is 88.7 Å². The molecule has 32 heavy (non-hydrogen) atoms. The fraction of sp³-hybridized carbons (Fsp3) is 0. The Morgan fingerprint density at radius 1 is 0.438 bits per heavy atom. The first-order chi connectivity index (χ1) is 15.8. The van der Waals surface area contributed by atoms with E-state index in [4.69, 9.17) is 0 Å². The second kappa shape index (κ2) is 7.81. The molecule has 0 atom stereocenters. The molecule has 1 aromatic heterocycles. The monoisotopic (exact) mass is 473 g/mol. The molecule has 0 bridgehead atoms. The molecule has 0 saturated carbocycles. The molecule has 0 unspecified atom stereocenters. The molecule has 5 aromatic carbocycles. The first-order valence-electron chi connectivity index (χ1n) is 10.7. The van der Waals surface area contributed by atoms with E-state index in [0.29, 0.717) is 0 Å². The lowest BCUT2D eigenvalue weighted by atomic mass is 9.98. The summed E-state index contributed by atoms with van der Waals surface area (Å²) in [6.45, 7) is 0. The van der Waals surface area contributed by atoms with E-state index in [-0.39, 0.29) is 0 Å². The van der Waals surface area contributed by atoms with Gasteiger partial charge in [0.1, 0.15) is 0 Å². The number of halogens is 1. The molecule has 1 heterocycles. The van der Waals surface area contributed by atoms with Crippen molar-refractivity contribution in [2.45, 2.75) is 0 Å². The molecule has 0 N–H and O–H groups in total. The predicted molar refractivity (Wildman–Crippen MR) is 139 cm³/mol. The molecule has 6 rings (SSSR count). The van der Waals surface area contributed by atoms with Gasteiger partial charge in [0.2, 0.25) is 0 Å². The van der Waals surface area contributed by atoms with Crippen molar-refractivity contribution in [2.75, 3.05) is 0 Å². The molecule has 0 amide bonds. The van der Waals surface area contributed by atoms with Crippen LogP contribution in [0, 0.1) is 0 Å². The van der Waals surface area contributed by atoms with Crippen molar-refractivity contribution >= 4 is 37.7 Å². The van der Waals surface area contributed by atoms with Crippen LogP contribution in [-0.4, -0.2) is 4.57 Å². The van der Waals surface area contributed by atoms with Gasteiger partial charge < -0.3 is 4.57 Å². The van der Waals surface area contributed by atoms with E-state index in [2.05, 4.69) is 142 Å². The summed E-state index contributed by atoms with van der Waals surface area (Å²) in [5.41, 5.74) is 8.48. The highest BCUT2D eigenvalue weighted by molar-refractivity contribution is 9.10. The van der Waals surface area contributed by atoms with E-state index in [9.17, 15) is 0 Å². The summed E-state index contributed by atoms with van der Waals surface area (Å²) < 4.78 is 3.44. The molecule has 0 aliphatic rings. The molecule has 0 aliphatic heterocycles. The Bertz CT molecular complexity index is 1560. The van der Waals surface area contributed by atoms with E-state index in [0.717, 1.165) is 4.47 Å². The van der Waals surface area contributed by atoms with E-state index in [1.165, 1.54) is 49.7 Å². The first-order valence-corrected chi connectivity index (χ1v) is 11.5. The highest BCUT2D eigenvalue weighted by Crippen LogP contribution is 2.36. The summed E-state index contributed by atoms with van der Waals surface area (Å²) in [5.74, 6) is 0. The number of fused-ring (bicyclic) bond motifs is 3. The number of nitrogens with zero attached hydrogens (tertiary/aromatic N) is 1. The third-order valence-corrected chi connectivity index (χ3v) is 6.48. The Kier molecular flexibility index (Phi) is 4.66. The number of rotatable bonds is 3. The van der Waals surface area contributed by atoms with E-state index in [1.807, 2.05) is 0 Å². The molecule has 0 aliphatic carbocycles. The second-order valence-corrected chi connectivity index (χ2v) is 8.93. The summed E-state index contributed by atoms with van der Waals surface area (Å²) in [4.78, 5) is 0. The van der Waals surface area contributed by atoms with Crippen molar-refractivity contribution in [1.29, 1.82) is 0 Å². The van der Waals surface area contributed by atoms with Crippen molar-refractivity contribution in [2.24, 2.45) is 0 Å². The Hall–Kier alpha value is -3.62. The highest BCUT2D eigenvalue weighted by atomic mass is 79.9. The molecular weight excluding hydrogens is 454 g/mol. The van der Waals surface area contributed by atoms with Crippen LogP contribution >= 0.6 is 15.9 Å². The van der Waals surface area contributed by atoms with Gasteiger partial charge in [-0.05, 0) is 70.8 Å².